The normalized spacial score (nSPS) is 11.5. The molecule has 2 aromatic heterocycles. The van der Waals surface area contributed by atoms with Crippen LogP contribution < -0.4 is 5.56 Å². The lowest BCUT2D eigenvalue weighted by atomic mass is 10.1. The van der Waals surface area contributed by atoms with E-state index in [1.165, 1.54) is 22.8 Å². The average Bonchev–Trinajstić information content (AvgIpc) is 3.08. The molecule has 0 atom stereocenters. The molecule has 4 rings (SSSR count). The fourth-order valence-corrected chi connectivity index (χ4v) is 2.84. The summed E-state index contributed by atoms with van der Waals surface area (Å²) in [5.41, 5.74) is 4.37. The molecule has 6 heteroatoms. The topological polar surface area (TPSA) is 65.1 Å². The minimum absolute atomic E-state index is 0.252. The van der Waals surface area contributed by atoms with E-state index in [4.69, 9.17) is 0 Å². The van der Waals surface area contributed by atoms with Crippen molar-refractivity contribution in [1.82, 2.24) is 19.4 Å². The third kappa shape index (κ3) is 2.82. The van der Waals surface area contributed by atoms with Gasteiger partial charge in [0.25, 0.3) is 5.56 Å². The van der Waals surface area contributed by atoms with Crippen LogP contribution in [0.4, 0.5) is 0 Å². The van der Waals surface area contributed by atoms with Gasteiger partial charge in [0.15, 0.2) is 5.65 Å². The number of aryl methyl sites for hydroxylation is 2. The zero-order chi connectivity index (χ0) is 18.1. The summed E-state index contributed by atoms with van der Waals surface area (Å²) in [7, 11) is 0. The molecule has 26 heavy (non-hydrogen) atoms. The second-order valence-electron chi connectivity index (χ2n) is 6.13. The molecular formula is C20H17N5O. The van der Waals surface area contributed by atoms with Gasteiger partial charge in [-0.15, -0.1) is 0 Å². The highest BCUT2D eigenvalue weighted by molar-refractivity contribution is 5.82. The van der Waals surface area contributed by atoms with E-state index in [1.807, 2.05) is 56.3 Å². The molecule has 0 amide bonds. The highest BCUT2D eigenvalue weighted by atomic mass is 16.1. The van der Waals surface area contributed by atoms with Crippen molar-refractivity contribution in [1.29, 1.82) is 0 Å². The number of benzene rings is 2. The Kier molecular flexibility index (Phi) is 3.93. The fraction of sp³-hybridized carbons (Fsp3) is 0.100. The first kappa shape index (κ1) is 16.0. The molecular weight excluding hydrogens is 326 g/mol. The van der Waals surface area contributed by atoms with Gasteiger partial charge in [-0.2, -0.15) is 14.9 Å². The summed E-state index contributed by atoms with van der Waals surface area (Å²) in [5, 5.41) is 9.00. The maximum atomic E-state index is 12.7. The lowest BCUT2D eigenvalue weighted by Gasteiger charge is -2.03. The number of hydrogen-bond donors (Lipinski definition) is 0. The Labute approximate surface area is 150 Å². The Morgan fingerprint density at radius 1 is 1.08 bits per heavy atom. The summed E-state index contributed by atoms with van der Waals surface area (Å²) < 4.78 is 2.88. The second-order valence-corrected chi connectivity index (χ2v) is 6.13. The Morgan fingerprint density at radius 3 is 2.65 bits per heavy atom. The average molecular weight is 343 g/mol. The maximum absolute atomic E-state index is 12.7. The first-order valence-electron chi connectivity index (χ1n) is 8.26. The SMILES string of the molecule is Cc1ccc(/C=N\n2cnc3c(cnn3-c3ccccc3)c2=O)c(C)c1. The smallest absolute Gasteiger partial charge is 0.266 e. The molecule has 4 aromatic rings. The third-order valence-corrected chi connectivity index (χ3v) is 4.22. The molecule has 6 nitrogen and oxygen atoms in total. The molecule has 128 valence electrons. The largest absolute Gasteiger partial charge is 0.285 e. The minimum Gasteiger partial charge on any atom is -0.266 e. The van der Waals surface area contributed by atoms with Gasteiger partial charge in [0, 0.05) is 0 Å². The van der Waals surface area contributed by atoms with E-state index in [-0.39, 0.29) is 5.56 Å². The van der Waals surface area contributed by atoms with Crippen LogP contribution in [0.3, 0.4) is 0 Å². The van der Waals surface area contributed by atoms with Crippen molar-refractivity contribution < 1.29 is 0 Å². The van der Waals surface area contributed by atoms with E-state index in [2.05, 4.69) is 21.3 Å². The second kappa shape index (κ2) is 6.40. The van der Waals surface area contributed by atoms with Crippen LogP contribution in [0.5, 0.6) is 0 Å². The number of rotatable bonds is 3. The summed E-state index contributed by atoms with van der Waals surface area (Å²) in [4.78, 5) is 17.1. The molecule has 0 N–H and O–H groups in total. The van der Waals surface area contributed by atoms with Crippen LogP contribution in [0.25, 0.3) is 16.7 Å². The molecule has 0 bridgehead atoms. The number of para-hydroxylation sites is 1. The Bertz CT molecular complexity index is 1170. The van der Waals surface area contributed by atoms with Crippen molar-refractivity contribution in [3.8, 4) is 5.69 Å². The zero-order valence-corrected chi connectivity index (χ0v) is 14.5. The number of hydrogen-bond acceptors (Lipinski definition) is 4. The Hall–Kier alpha value is -3.54. The van der Waals surface area contributed by atoms with E-state index in [1.54, 1.807) is 10.9 Å². The molecule has 2 heterocycles. The predicted molar refractivity (Wildman–Crippen MR) is 102 cm³/mol. The van der Waals surface area contributed by atoms with Gasteiger partial charge in [0.05, 0.1) is 18.1 Å². The van der Waals surface area contributed by atoms with E-state index >= 15 is 0 Å². The van der Waals surface area contributed by atoms with Crippen LogP contribution in [0, 0.1) is 13.8 Å². The predicted octanol–water partition coefficient (Wildman–Crippen LogP) is 3.08. The van der Waals surface area contributed by atoms with Crippen LogP contribution in [-0.4, -0.2) is 25.7 Å². The highest BCUT2D eigenvalue weighted by Crippen LogP contribution is 2.13. The van der Waals surface area contributed by atoms with Gasteiger partial charge in [-0.1, -0.05) is 42.0 Å². The first-order chi connectivity index (χ1) is 12.6. The van der Waals surface area contributed by atoms with Crippen molar-refractivity contribution in [2.75, 3.05) is 0 Å². The summed E-state index contributed by atoms with van der Waals surface area (Å²) in [5.74, 6) is 0. The molecule has 0 saturated heterocycles. The van der Waals surface area contributed by atoms with E-state index in [0.29, 0.717) is 11.0 Å². The molecule has 2 aromatic carbocycles. The van der Waals surface area contributed by atoms with Gasteiger partial charge < -0.3 is 0 Å². The van der Waals surface area contributed by atoms with Gasteiger partial charge in [0.2, 0.25) is 0 Å². The molecule has 0 aliphatic heterocycles. The Morgan fingerprint density at radius 2 is 1.88 bits per heavy atom. The van der Waals surface area contributed by atoms with Crippen LogP contribution >= 0.6 is 0 Å². The van der Waals surface area contributed by atoms with E-state index in [9.17, 15) is 4.79 Å². The Balaban J connectivity index is 1.75. The number of aromatic nitrogens is 4. The van der Waals surface area contributed by atoms with Crippen LogP contribution in [0.1, 0.15) is 16.7 Å². The van der Waals surface area contributed by atoms with Gasteiger partial charge in [-0.3, -0.25) is 4.79 Å². The molecule has 0 radical (unpaired) electrons. The van der Waals surface area contributed by atoms with Crippen molar-refractivity contribution in [2.45, 2.75) is 13.8 Å². The molecule has 0 unspecified atom stereocenters. The van der Waals surface area contributed by atoms with Gasteiger partial charge in [-0.05, 0) is 37.1 Å². The lowest BCUT2D eigenvalue weighted by Crippen LogP contribution is -2.17. The number of nitrogens with zero attached hydrogens (tertiary/aromatic N) is 5. The maximum Gasteiger partial charge on any atom is 0.285 e. The van der Waals surface area contributed by atoms with E-state index in [0.717, 1.165) is 16.8 Å². The van der Waals surface area contributed by atoms with Gasteiger partial charge in [-0.25, -0.2) is 9.67 Å². The molecule has 0 aliphatic rings. The molecule has 0 aliphatic carbocycles. The zero-order valence-electron chi connectivity index (χ0n) is 14.5. The van der Waals surface area contributed by atoms with Crippen molar-refractivity contribution in [2.24, 2.45) is 5.10 Å². The summed E-state index contributed by atoms with van der Waals surface area (Å²) in [6.45, 7) is 4.06. The first-order valence-corrected chi connectivity index (χ1v) is 8.26. The monoisotopic (exact) mass is 343 g/mol. The molecule has 0 spiro atoms. The number of fused-ring (bicyclic) bond motifs is 1. The molecule has 0 fully saturated rings. The van der Waals surface area contributed by atoms with Crippen LogP contribution in [0.2, 0.25) is 0 Å². The summed E-state index contributed by atoms with van der Waals surface area (Å²) in [6, 6.07) is 15.7. The highest BCUT2D eigenvalue weighted by Gasteiger charge is 2.10. The van der Waals surface area contributed by atoms with E-state index < -0.39 is 0 Å². The standard InChI is InChI=1S/C20H17N5O/c1-14-8-9-16(15(2)10-14)11-22-24-13-21-19-18(20(24)26)12-23-25(19)17-6-4-3-5-7-17/h3-13H,1-2H3/b22-11-. The summed E-state index contributed by atoms with van der Waals surface area (Å²) in [6.07, 6.45) is 4.62. The van der Waals surface area contributed by atoms with Crippen molar-refractivity contribution >= 4 is 17.2 Å². The van der Waals surface area contributed by atoms with Crippen molar-refractivity contribution in [3.63, 3.8) is 0 Å². The van der Waals surface area contributed by atoms with Gasteiger partial charge >= 0.3 is 0 Å². The summed E-state index contributed by atoms with van der Waals surface area (Å²) >= 11 is 0. The van der Waals surface area contributed by atoms with Gasteiger partial charge in [0.1, 0.15) is 11.7 Å². The van der Waals surface area contributed by atoms with Crippen molar-refractivity contribution in [3.05, 3.63) is 88.1 Å². The fourth-order valence-electron chi connectivity index (χ4n) is 2.84. The van der Waals surface area contributed by atoms with Crippen LogP contribution in [-0.2, 0) is 0 Å². The minimum atomic E-state index is -0.252. The van der Waals surface area contributed by atoms with Crippen LogP contribution in [0.15, 0.2) is 71.0 Å². The lowest BCUT2D eigenvalue weighted by molar-refractivity contribution is 0.809. The quantitative estimate of drug-likeness (QED) is 0.537. The molecule has 0 saturated carbocycles. The third-order valence-electron chi connectivity index (χ3n) is 4.22.